The van der Waals surface area contributed by atoms with Crippen molar-refractivity contribution in [3.63, 3.8) is 0 Å². The number of amides is 2. The first-order chi connectivity index (χ1) is 10.6. The molecule has 22 heavy (non-hydrogen) atoms. The van der Waals surface area contributed by atoms with Crippen LogP contribution >= 0.6 is 0 Å². The Morgan fingerprint density at radius 2 is 2.14 bits per heavy atom. The zero-order valence-electron chi connectivity index (χ0n) is 13.1. The smallest absolute Gasteiger partial charge is 0.254 e. The first kappa shape index (κ1) is 15.0. The van der Waals surface area contributed by atoms with Gasteiger partial charge in [-0.25, -0.2) is 0 Å². The number of hydrogen-bond donors (Lipinski definition) is 0. The number of piperidine rings is 1. The Labute approximate surface area is 130 Å². The third-order valence-corrected chi connectivity index (χ3v) is 4.74. The van der Waals surface area contributed by atoms with Crippen molar-refractivity contribution in [1.82, 2.24) is 9.80 Å². The Balaban J connectivity index is 1.87. The largest absolute Gasteiger partial charge is 0.380 e. The number of methoxy groups -OCH3 is 1. The normalized spacial score (nSPS) is 24.5. The standard InChI is InChI=1S/C17H22N2O3/c1-18-10-15-14(16(18)20)8-5-9-19(15)17(21)13-7-4-3-6-12(13)11-22-2/h3-4,6-7,14-15H,5,8-11H2,1-2H3/t14-,15-/m1/s1. The van der Waals surface area contributed by atoms with E-state index in [1.54, 1.807) is 12.0 Å². The predicted molar refractivity (Wildman–Crippen MR) is 82.3 cm³/mol. The molecule has 1 aromatic rings. The van der Waals surface area contributed by atoms with E-state index in [1.807, 2.05) is 36.2 Å². The zero-order chi connectivity index (χ0) is 15.7. The van der Waals surface area contributed by atoms with Crippen LogP contribution in [0.25, 0.3) is 0 Å². The molecule has 2 aliphatic heterocycles. The second kappa shape index (κ2) is 6.08. The summed E-state index contributed by atoms with van der Waals surface area (Å²) in [7, 11) is 3.45. The highest BCUT2D eigenvalue weighted by Crippen LogP contribution is 2.32. The minimum atomic E-state index is -0.0303. The lowest BCUT2D eigenvalue weighted by molar-refractivity contribution is -0.130. The van der Waals surface area contributed by atoms with Crippen molar-refractivity contribution in [2.24, 2.45) is 5.92 Å². The quantitative estimate of drug-likeness (QED) is 0.851. The fourth-order valence-corrected chi connectivity index (χ4v) is 3.64. The summed E-state index contributed by atoms with van der Waals surface area (Å²) in [5.41, 5.74) is 1.59. The number of carbonyl (C=O) groups is 2. The number of carbonyl (C=O) groups excluding carboxylic acids is 2. The molecule has 2 heterocycles. The fourth-order valence-electron chi connectivity index (χ4n) is 3.64. The van der Waals surface area contributed by atoms with Crippen molar-refractivity contribution in [1.29, 1.82) is 0 Å². The molecule has 1 aromatic carbocycles. The van der Waals surface area contributed by atoms with E-state index in [4.69, 9.17) is 4.74 Å². The summed E-state index contributed by atoms with van der Waals surface area (Å²) in [6.45, 7) is 1.78. The fraction of sp³-hybridized carbons (Fsp3) is 0.529. The van der Waals surface area contributed by atoms with E-state index in [0.29, 0.717) is 18.7 Å². The van der Waals surface area contributed by atoms with Gasteiger partial charge in [-0.1, -0.05) is 18.2 Å². The van der Waals surface area contributed by atoms with Crippen molar-refractivity contribution < 1.29 is 14.3 Å². The van der Waals surface area contributed by atoms with E-state index in [0.717, 1.165) is 24.9 Å². The van der Waals surface area contributed by atoms with Gasteiger partial charge in [-0.05, 0) is 24.5 Å². The number of likely N-dealkylation sites (N-methyl/N-ethyl adjacent to an activating group) is 1. The van der Waals surface area contributed by atoms with E-state index < -0.39 is 0 Å². The Morgan fingerprint density at radius 1 is 1.36 bits per heavy atom. The van der Waals surface area contributed by atoms with Crippen molar-refractivity contribution in [2.75, 3.05) is 27.2 Å². The molecular weight excluding hydrogens is 280 g/mol. The SMILES string of the molecule is COCc1ccccc1C(=O)N1CCC[C@H]2C(=O)N(C)C[C@H]21. The van der Waals surface area contributed by atoms with E-state index in [1.165, 1.54) is 0 Å². The van der Waals surface area contributed by atoms with E-state index in [-0.39, 0.29) is 23.8 Å². The average molecular weight is 302 g/mol. The molecule has 0 aliphatic carbocycles. The number of rotatable bonds is 3. The molecule has 5 nitrogen and oxygen atoms in total. The second-order valence-electron chi connectivity index (χ2n) is 6.12. The Kier molecular flexibility index (Phi) is 4.16. The third kappa shape index (κ3) is 2.50. The second-order valence-corrected chi connectivity index (χ2v) is 6.12. The van der Waals surface area contributed by atoms with Crippen LogP contribution in [-0.4, -0.2) is 54.9 Å². The van der Waals surface area contributed by atoms with Crippen LogP contribution in [0.2, 0.25) is 0 Å². The molecule has 118 valence electrons. The van der Waals surface area contributed by atoms with E-state index in [9.17, 15) is 9.59 Å². The number of fused-ring (bicyclic) bond motifs is 1. The Morgan fingerprint density at radius 3 is 2.91 bits per heavy atom. The van der Waals surface area contributed by atoms with Gasteiger partial charge in [0.15, 0.2) is 0 Å². The number of benzene rings is 1. The Bertz CT molecular complexity index is 587. The molecule has 0 saturated carbocycles. The van der Waals surface area contributed by atoms with Gasteiger partial charge in [0, 0.05) is 32.8 Å². The van der Waals surface area contributed by atoms with Crippen LogP contribution in [0.4, 0.5) is 0 Å². The van der Waals surface area contributed by atoms with Crippen molar-refractivity contribution in [3.8, 4) is 0 Å². The molecule has 0 aromatic heterocycles. The number of hydrogen-bond acceptors (Lipinski definition) is 3. The summed E-state index contributed by atoms with van der Waals surface area (Å²) in [4.78, 5) is 28.8. The lowest BCUT2D eigenvalue weighted by atomic mass is 9.90. The topological polar surface area (TPSA) is 49.9 Å². The van der Waals surface area contributed by atoms with Gasteiger partial charge in [-0.3, -0.25) is 9.59 Å². The molecule has 0 spiro atoms. The molecule has 2 fully saturated rings. The molecule has 2 atom stereocenters. The lowest BCUT2D eigenvalue weighted by Crippen LogP contribution is -2.48. The summed E-state index contributed by atoms with van der Waals surface area (Å²) in [5, 5.41) is 0. The van der Waals surface area contributed by atoms with Crippen molar-refractivity contribution >= 4 is 11.8 Å². The third-order valence-electron chi connectivity index (χ3n) is 4.74. The number of likely N-dealkylation sites (tertiary alicyclic amines) is 2. The molecule has 2 amide bonds. The summed E-state index contributed by atoms with van der Waals surface area (Å²) in [6, 6.07) is 7.57. The first-order valence-electron chi connectivity index (χ1n) is 7.76. The highest BCUT2D eigenvalue weighted by atomic mass is 16.5. The first-order valence-corrected chi connectivity index (χ1v) is 7.76. The monoisotopic (exact) mass is 302 g/mol. The highest BCUT2D eigenvalue weighted by Gasteiger charge is 2.45. The predicted octanol–water partition coefficient (Wildman–Crippen LogP) is 1.53. The summed E-state index contributed by atoms with van der Waals surface area (Å²) in [6.07, 6.45) is 1.77. The molecule has 2 saturated heterocycles. The van der Waals surface area contributed by atoms with Gasteiger partial charge in [-0.2, -0.15) is 0 Å². The van der Waals surface area contributed by atoms with E-state index >= 15 is 0 Å². The minimum absolute atomic E-state index is 0.00866. The van der Waals surface area contributed by atoms with Gasteiger partial charge in [0.1, 0.15) is 0 Å². The molecule has 5 heteroatoms. The van der Waals surface area contributed by atoms with Crippen molar-refractivity contribution in [3.05, 3.63) is 35.4 Å². The van der Waals surface area contributed by atoms with Crippen LogP contribution < -0.4 is 0 Å². The van der Waals surface area contributed by atoms with Gasteiger partial charge in [0.05, 0.1) is 18.6 Å². The van der Waals surface area contributed by atoms with Gasteiger partial charge in [0.2, 0.25) is 5.91 Å². The van der Waals surface area contributed by atoms with Crippen LogP contribution in [0.15, 0.2) is 24.3 Å². The molecule has 0 N–H and O–H groups in total. The molecular formula is C17H22N2O3. The van der Waals surface area contributed by atoms with Crippen LogP contribution in [0.3, 0.4) is 0 Å². The van der Waals surface area contributed by atoms with E-state index in [2.05, 4.69) is 0 Å². The van der Waals surface area contributed by atoms with Gasteiger partial charge in [-0.15, -0.1) is 0 Å². The van der Waals surface area contributed by atoms with Crippen LogP contribution in [0, 0.1) is 5.92 Å². The van der Waals surface area contributed by atoms with Gasteiger partial charge >= 0.3 is 0 Å². The van der Waals surface area contributed by atoms with Crippen molar-refractivity contribution in [2.45, 2.75) is 25.5 Å². The number of ether oxygens (including phenoxy) is 1. The molecule has 2 aliphatic rings. The number of nitrogens with zero attached hydrogens (tertiary/aromatic N) is 2. The molecule has 3 rings (SSSR count). The maximum atomic E-state index is 13.0. The van der Waals surface area contributed by atoms with Gasteiger partial charge in [0.25, 0.3) is 5.91 Å². The summed E-state index contributed by atoms with van der Waals surface area (Å²) in [5.74, 6) is 0.162. The van der Waals surface area contributed by atoms with Crippen LogP contribution in [0.1, 0.15) is 28.8 Å². The van der Waals surface area contributed by atoms with Crippen LogP contribution in [0.5, 0.6) is 0 Å². The highest BCUT2D eigenvalue weighted by molar-refractivity contribution is 5.97. The minimum Gasteiger partial charge on any atom is -0.380 e. The lowest BCUT2D eigenvalue weighted by Gasteiger charge is -2.36. The molecule has 0 bridgehead atoms. The van der Waals surface area contributed by atoms with Gasteiger partial charge < -0.3 is 14.5 Å². The Hall–Kier alpha value is -1.88. The average Bonchev–Trinajstić information content (AvgIpc) is 2.83. The maximum Gasteiger partial charge on any atom is 0.254 e. The summed E-state index contributed by atoms with van der Waals surface area (Å²) >= 11 is 0. The molecule has 0 radical (unpaired) electrons. The maximum absolute atomic E-state index is 13.0. The molecule has 0 unspecified atom stereocenters. The zero-order valence-corrected chi connectivity index (χ0v) is 13.1. The van der Waals surface area contributed by atoms with Crippen LogP contribution in [-0.2, 0) is 16.1 Å². The summed E-state index contributed by atoms with van der Waals surface area (Å²) < 4.78 is 5.19.